The molecular formula is C36H42N4O3. The maximum Gasteiger partial charge on any atom is 0.335 e. The summed E-state index contributed by atoms with van der Waals surface area (Å²) in [5.41, 5.74) is 7.65. The van der Waals surface area contributed by atoms with Crippen LogP contribution in [0.1, 0.15) is 73.4 Å². The Balaban J connectivity index is 1.61. The molecule has 1 fully saturated rings. The fourth-order valence-electron chi connectivity index (χ4n) is 5.29. The van der Waals surface area contributed by atoms with Crippen LogP contribution < -0.4 is 0 Å². The number of aromatic carboxylic acids is 1. The zero-order valence-corrected chi connectivity index (χ0v) is 26.3. The molecule has 1 saturated heterocycles. The lowest BCUT2D eigenvalue weighted by Gasteiger charge is -2.32. The first-order chi connectivity index (χ1) is 20.2. The highest BCUT2D eigenvalue weighted by molar-refractivity contribution is 5.94. The average Bonchev–Trinajstić information content (AvgIpc) is 3.42. The number of carbonyl (C=O) groups is 2. The first-order valence-corrected chi connectivity index (χ1v) is 14.9. The van der Waals surface area contributed by atoms with Gasteiger partial charge >= 0.3 is 5.97 Å². The number of carboxylic acids is 1. The minimum atomic E-state index is -0.960. The molecule has 0 unspecified atom stereocenters. The largest absolute Gasteiger partial charge is 0.478 e. The lowest BCUT2D eigenvalue weighted by molar-refractivity contribution is 0.0662. The summed E-state index contributed by atoms with van der Waals surface area (Å²) in [5.74, 6) is -0.912. The molecule has 0 aliphatic carbocycles. The molecule has 0 bridgehead atoms. The second-order valence-corrected chi connectivity index (χ2v) is 13.7. The zero-order chi connectivity index (χ0) is 31.1. The maximum absolute atomic E-state index is 13.2. The highest BCUT2D eigenvalue weighted by Crippen LogP contribution is 2.36. The average molecular weight is 579 g/mol. The van der Waals surface area contributed by atoms with E-state index in [9.17, 15) is 14.7 Å². The fraction of sp³-hybridized carbons (Fsp3) is 0.361. The quantitative estimate of drug-likeness (QED) is 0.279. The molecule has 1 amide bonds. The summed E-state index contributed by atoms with van der Waals surface area (Å²) in [7, 11) is 2.08. The molecule has 43 heavy (non-hydrogen) atoms. The Morgan fingerprint density at radius 1 is 0.698 bits per heavy atom. The monoisotopic (exact) mass is 578 g/mol. The molecule has 3 aromatic carbocycles. The van der Waals surface area contributed by atoms with E-state index in [0.29, 0.717) is 5.56 Å². The van der Waals surface area contributed by atoms with Gasteiger partial charge in [-0.2, -0.15) is 5.10 Å². The Labute approximate surface area is 254 Å². The van der Waals surface area contributed by atoms with Gasteiger partial charge in [-0.1, -0.05) is 59.7 Å². The lowest BCUT2D eigenvalue weighted by atomic mass is 9.79. The van der Waals surface area contributed by atoms with E-state index in [0.717, 1.165) is 54.4 Å². The van der Waals surface area contributed by atoms with Gasteiger partial charge in [-0.25, -0.2) is 9.48 Å². The van der Waals surface area contributed by atoms with Gasteiger partial charge in [0.2, 0.25) is 0 Å². The normalized spacial score (nSPS) is 14.6. The van der Waals surface area contributed by atoms with E-state index in [1.54, 1.807) is 24.3 Å². The van der Waals surface area contributed by atoms with Crippen molar-refractivity contribution < 1.29 is 14.7 Å². The van der Waals surface area contributed by atoms with Gasteiger partial charge in [0.25, 0.3) is 5.91 Å². The van der Waals surface area contributed by atoms with Crippen LogP contribution in [0.5, 0.6) is 0 Å². The molecule has 0 atom stereocenters. The third-order valence-corrected chi connectivity index (χ3v) is 8.25. The Morgan fingerprint density at radius 3 is 1.74 bits per heavy atom. The number of nitrogens with zero attached hydrogens (tertiary/aromatic N) is 4. The van der Waals surface area contributed by atoms with Crippen molar-refractivity contribution in [3.8, 4) is 28.2 Å². The molecular weight excluding hydrogens is 536 g/mol. The summed E-state index contributed by atoms with van der Waals surface area (Å²) in [4.78, 5) is 28.8. The SMILES string of the molecule is CN1CCN(C(=O)c2ccc(-n3nc(-c4ccc(C(=O)O)cc4)cc3-c3cc(C(C)(C)C)cc(C(C)(C)C)c3)cc2)CC1. The summed E-state index contributed by atoms with van der Waals surface area (Å²) in [5, 5.41) is 14.4. The van der Waals surface area contributed by atoms with E-state index in [4.69, 9.17) is 5.10 Å². The molecule has 1 N–H and O–H groups in total. The summed E-state index contributed by atoms with van der Waals surface area (Å²) in [6.07, 6.45) is 0. The molecule has 4 aromatic rings. The fourth-order valence-corrected chi connectivity index (χ4v) is 5.29. The molecule has 1 aliphatic heterocycles. The van der Waals surface area contributed by atoms with Gasteiger partial charge < -0.3 is 14.9 Å². The Hall–Kier alpha value is -4.23. The van der Waals surface area contributed by atoms with Gasteiger partial charge in [0.15, 0.2) is 0 Å². The molecule has 5 rings (SSSR count). The predicted molar refractivity (Wildman–Crippen MR) is 172 cm³/mol. The van der Waals surface area contributed by atoms with Crippen molar-refractivity contribution in [2.45, 2.75) is 52.4 Å². The molecule has 0 saturated carbocycles. The van der Waals surface area contributed by atoms with Crippen LogP contribution >= 0.6 is 0 Å². The van der Waals surface area contributed by atoms with Crippen molar-refractivity contribution in [2.75, 3.05) is 33.2 Å². The van der Waals surface area contributed by atoms with Crippen molar-refractivity contribution >= 4 is 11.9 Å². The van der Waals surface area contributed by atoms with Crippen LogP contribution in [-0.4, -0.2) is 69.8 Å². The van der Waals surface area contributed by atoms with E-state index < -0.39 is 5.97 Å². The summed E-state index contributed by atoms with van der Waals surface area (Å²) in [6, 6.07) is 23.3. The van der Waals surface area contributed by atoms with Gasteiger partial charge in [-0.05, 0) is 83.6 Å². The number of carboxylic acid groups (broad SMARTS) is 1. The first kappa shape index (κ1) is 30.2. The van der Waals surface area contributed by atoms with E-state index in [1.807, 2.05) is 33.8 Å². The topological polar surface area (TPSA) is 78.7 Å². The van der Waals surface area contributed by atoms with Gasteiger partial charge in [0, 0.05) is 42.9 Å². The van der Waals surface area contributed by atoms with Crippen molar-refractivity contribution in [3.05, 3.63) is 95.1 Å². The van der Waals surface area contributed by atoms with Crippen LogP contribution in [0.2, 0.25) is 0 Å². The Kier molecular flexibility index (Phi) is 8.05. The second-order valence-electron chi connectivity index (χ2n) is 13.7. The molecule has 1 aromatic heterocycles. The van der Waals surface area contributed by atoms with Crippen LogP contribution in [0, 0.1) is 0 Å². The number of benzene rings is 3. The number of hydrogen-bond acceptors (Lipinski definition) is 4. The lowest BCUT2D eigenvalue weighted by Crippen LogP contribution is -2.47. The number of hydrogen-bond donors (Lipinski definition) is 1. The second kappa shape index (κ2) is 11.5. The van der Waals surface area contributed by atoms with Crippen LogP contribution in [0.3, 0.4) is 0 Å². The number of amides is 1. The molecule has 7 nitrogen and oxygen atoms in total. The molecule has 224 valence electrons. The van der Waals surface area contributed by atoms with Crippen molar-refractivity contribution in [1.29, 1.82) is 0 Å². The van der Waals surface area contributed by atoms with Gasteiger partial charge in [0.1, 0.15) is 0 Å². The molecule has 0 spiro atoms. The molecule has 0 radical (unpaired) electrons. The predicted octanol–water partition coefficient (Wildman–Crippen LogP) is 6.89. The maximum atomic E-state index is 13.2. The summed E-state index contributed by atoms with van der Waals surface area (Å²) < 4.78 is 1.93. The van der Waals surface area contributed by atoms with Crippen LogP contribution in [0.4, 0.5) is 0 Å². The van der Waals surface area contributed by atoms with Crippen molar-refractivity contribution in [3.63, 3.8) is 0 Å². The third-order valence-electron chi connectivity index (χ3n) is 8.25. The Bertz CT molecular complexity index is 1600. The number of carbonyl (C=O) groups excluding carboxylic acids is 1. The first-order valence-electron chi connectivity index (χ1n) is 14.9. The van der Waals surface area contributed by atoms with E-state index in [1.165, 1.54) is 11.1 Å². The minimum absolute atomic E-state index is 0.0484. The minimum Gasteiger partial charge on any atom is -0.478 e. The number of aromatic nitrogens is 2. The highest BCUT2D eigenvalue weighted by atomic mass is 16.4. The third kappa shape index (κ3) is 6.57. The van der Waals surface area contributed by atoms with Gasteiger partial charge in [-0.15, -0.1) is 0 Å². The molecule has 2 heterocycles. The van der Waals surface area contributed by atoms with Crippen LogP contribution in [0.25, 0.3) is 28.2 Å². The number of rotatable bonds is 5. The van der Waals surface area contributed by atoms with E-state index >= 15 is 0 Å². The van der Waals surface area contributed by atoms with E-state index in [-0.39, 0.29) is 22.3 Å². The van der Waals surface area contributed by atoms with Crippen molar-refractivity contribution in [1.82, 2.24) is 19.6 Å². The Morgan fingerprint density at radius 2 is 1.23 bits per heavy atom. The zero-order valence-electron chi connectivity index (χ0n) is 26.3. The van der Waals surface area contributed by atoms with Crippen molar-refractivity contribution in [2.24, 2.45) is 0 Å². The molecule has 1 aliphatic rings. The summed E-state index contributed by atoms with van der Waals surface area (Å²) in [6.45, 7) is 16.5. The standard InChI is InChI=1S/C36H42N4O3/c1-35(2,3)28-20-27(21-29(22-28)36(4,5)6)32-23-31(24-8-10-26(11-9-24)34(42)43)37-40(32)30-14-12-25(13-15-30)33(41)39-18-16-38(7)17-19-39/h8-15,20-23H,16-19H2,1-7H3,(H,42,43). The van der Waals surface area contributed by atoms with Gasteiger partial charge in [-0.3, -0.25) is 4.79 Å². The summed E-state index contributed by atoms with van der Waals surface area (Å²) >= 11 is 0. The van der Waals surface area contributed by atoms with Crippen LogP contribution in [-0.2, 0) is 10.8 Å². The highest BCUT2D eigenvalue weighted by Gasteiger charge is 2.24. The smallest absolute Gasteiger partial charge is 0.335 e. The number of piperazine rings is 1. The van der Waals surface area contributed by atoms with Gasteiger partial charge in [0.05, 0.1) is 22.6 Å². The van der Waals surface area contributed by atoms with E-state index in [2.05, 4.69) is 77.8 Å². The number of likely N-dealkylation sites (N-methyl/N-ethyl adjacent to an activating group) is 1. The van der Waals surface area contributed by atoms with Crippen LogP contribution in [0.15, 0.2) is 72.8 Å². The molecule has 7 heteroatoms.